The fourth-order valence-electron chi connectivity index (χ4n) is 2.26. The highest BCUT2D eigenvalue weighted by atomic mass is 16.5. The van der Waals surface area contributed by atoms with Crippen LogP contribution in [0.1, 0.15) is 10.4 Å². The lowest BCUT2D eigenvalue weighted by atomic mass is 10.2. The smallest absolute Gasteiger partial charge is 0.340 e. The number of benzene rings is 1. The number of rotatable bonds is 3. The van der Waals surface area contributed by atoms with Gasteiger partial charge in [-0.3, -0.25) is 4.40 Å². The fourth-order valence-corrected chi connectivity index (χ4v) is 2.26. The third kappa shape index (κ3) is 2.23. The fraction of sp³-hybridized carbons (Fsp3) is 0.125. The number of carbonyl (C=O) groups is 1. The molecule has 0 atom stereocenters. The van der Waals surface area contributed by atoms with Crippen LogP contribution in [0, 0.1) is 0 Å². The van der Waals surface area contributed by atoms with Gasteiger partial charge in [-0.15, -0.1) is 0 Å². The summed E-state index contributed by atoms with van der Waals surface area (Å²) >= 11 is 0. The van der Waals surface area contributed by atoms with Crippen molar-refractivity contribution in [2.75, 3.05) is 14.2 Å². The number of methoxy groups -OCH3 is 2. The molecule has 0 bridgehead atoms. The number of carbonyl (C=O) groups excluding carboxylic acids is 1. The number of hydrogen-bond donors (Lipinski definition) is 0. The number of fused-ring (bicyclic) bond motifs is 1. The monoisotopic (exact) mass is 282 g/mol. The summed E-state index contributed by atoms with van der Waals surface area (Å²) in [4.78, 5) is 16.2. The molecular formula is C16H14N2O3. The molecule has 0 spiro atoms. The van der Waals surface area contributed by atoms with E-state index >= 15 is 0 Å². The normalized spacial score (nSPS) is 10.6. The Hall–Kier alpha value is -2.82. The van der Waals surface area contributed by atoms with Gasteiger partial charge in [-0.05, 0) is 36.4 Å². The first kappa shape index (κ1) is 13.2. The summed E-state index contributed by atoms with van der Waals surface area (Å²) in [7, 11) is 3.00. The summed E-state index contributed by atoms with van der Waals surface area (Å²) in [6.07, 6.45) is 3.54. The van der Waals surface area contributed by atoms with E-state index in [1.54, 1.807) is 25.4 Å². The predicted octanol–water partition coefficient (Wildman–Crippen LogP) is 2.80. The molecule has 21 heavy (non-hydrogen) atoms. The first-order valence-corrected chi connectivity index (χ1v) is 6.43. The average molecular weight is 282 g/mol. The van der Waals surface area contributed by atoms with Crippen LogP contribution in [0.3, 0.4) is 0 Å². The van der Waals surface area contributed by atoms with Gasteiger partial charge in [0.2, 0.25) is 0 Å². The number of ether oxygens (including phenoxy) is 2. The molecule has 0 N–H and O–H groups in total. The van der Waals surface area contributed by atoms with Crippen molar-refractivity contribution < 1.29 is 14.3 Å². The van der Waals surface area contributed by atoms with Gasteiger partial charge in [-0.1, -0.05) is 0 Å². The van der Waals surface area contributed by atoms with Gasteiger partial charge < -0.3 is 9.47 Å². The molecule has 0 aliphatic rings. The summed E-state index contributed by atoms with van der Waals surface area (Å²) in [6, 6.07) is 11.1. The van der Waals surface area contributed by atoms with Crippen LogP contribution in [-0.2, 0) is 4.74 Å². The first-order valence-electron chi connectivity index (χ1n) is 6.43. The minimum Gasteiger partial charge on any atom is -0.497 e. The molecule has 5 nitrogen and oxygen atoms in total. The van der Waals surface area contributed by atoms with Crippen molar-refractivity contribution in [3.63, 3.8) is 0 Å². The van der Waals surface area contributed by atoms with Crippen LogP contribution in [0.5, 0.6) is 5.75 Å². The molecular weight excluding hydrogens is 268 g/mol. The van der Waals surface area contributed by atoms with Gasteiger partial charge in [0.05, 0.1) is 31.5 Å². The summed E-state index contributed by atoms with van der Waals surface area (Å²) in [5.74, 6) is 1.18. The second-order valence-electron chi connectivity index (χ2n) is 4.48. The van der Waals surface area contributed by atoms with E-state index in [-0.39, 0.29) is 5.97 Å². The van der Waals surface area contributed by atoms with E-state index in [1.165, 1.54) is 7.11 Å². The van der Waals surface area contributed by atoms with Gasteiger partial charge >= 0.3 is 5.97 Å². The topological polar surface area (TPSA) is 52.8 Å². The molecule has 0 aliphatic heterocycles. The van der Waals surface area contributed by atoms with Crippen molar-refractivity contribution in [3.8, 4) is 17.1 Å². The Balaban J connectivity index is 2.13. The second-order valence-corrected chi connectivity index (χ2v) is 4.48. The van der Waals surface area contributed by atoms with Crippen LogP contribution in [-0.4, -0.2) is 29.6 Å². The third-order valence-electron chi connectivity index (χ3n) is 3.32. The molecule has 106 valence electrons. The summed E-state index contributed by atoms with van der Waals surface area (Å²) in [5, 5.41) is 0. The van der Waals surface area contributed by atoms with Gasteiger partial charge in [0.1, 0.15) is 11.6 Å². The number of imidazole rings is 1. The Labute approximate surface area is 121 Å². The van der Waals surface area contributed by atoms with Crippen LogP contribution >= 0.6 is 0 Å². The predicted molar refractivity (Wildman–Crippen MR) is 78.5 cm³/mol. The molecule has 0 unspecified atom stereocenters. The molecule has 3 rings (SSSR count). The molecule has 0 saturated carbocycles. The van der Waals surface area contributed by atoms with Crippen LogP contribution in [0.25, 0.3) is 16.9 Å². The maximum atomic E-state index is 11.8. The Kier molecular flexibility index (Phi) is 3.31. The Bertz CT molecular complexity index is 791. The van der Waals surface area contributed by atoms with E-state index in [2.05, 4.69) is 4.98 Å². The van der Waals surface area contributed by atoms with Gasteiger partial charge in [0.15, 0.2) is 0 Å². The van der Waals surface area contributed by atoms with Crippen LogP contribution in [0.2, 0.25) is 0 Å². The SMILES string of the molecule is COC(=O)c1cccn2c(-c3ccc(OC)cc3)ncc12. The lowest BCUT2D eigenvalue weighted by molar-refractivity contribution is 0.0602. The van der Waals surface area contributed by atoms with E-state index in [0.717, 1.165) is 22.7 Å². The Morgan fingerprint density at radius 2 is 1.90 bits per heavy atom. The molecule has 5 heteroatoms. The molecule has 0 aliphatic carbocycles. The van der Waals surface area contributed by atoms with Crippen LogP contribution in [0.4, 0.5) is 0 Å². The quantitative estimate of drug-likeness (QED) is 0.693. The number of nitrogens with zero attached hydrogens (tertiary/aromatic N) is 2. The standard InChI is InChI=1S/C16H14N2O3/c1-20-12-7-5-11(6-8-12)15-17-10-14-13(16(19)21-2)4-3-9-18(14)15/h3-10H,1-2H3. The number of aromatic nitrogens is 2. The molecule has 0 amide bonds. The van der Waals surface area contributed by atoms with Crippen molar-refractivity contribution in [1.29, 1.82) is 0 Å². The summed E-state index contributed by atoms with van der Waals surface area (Å²) in [5.41, 5.74) is 2.15. The van der Waals surface area contributed by atoms with Gasteiger partial charge in [-0.25, -0.2) is 9.78 Å². The first-order chi connectivity index (χ1) is 10.2. The molecule has 3 aromatic rings. The Morgan fingerprint density at radius 3 is 2.57 bits per heavy atom. The summed E-state index contributed by atoms with van der Waals surface area (Å²) in [6.45, 7) is 0. The van der Waals surface area contributed by atoms with Crippen LogP contribution < -0.4 is 4.74 Å². The van der Waals surface area contributed by atoms with Gasteiger partial charge in [0, 0.05) is 11.8 Å². The van der Waals surface area contributed by atoms with Gasteiger partial charge in [-0.2, -0.15) is 0 Å². The second kappa shape index (κ2) is 5.28. The maximum Gasteiger partial charge on any atom is 0.340 e. The van der Waals surface area contributed by atoms with E-state index in [9.17, 15) is 4.79 Å². The van der Waals surface area contributed by atoms with E-state index < -0.39 is 0 Å². The van der Waals surface area contributed by atoms with E-state index in [1.807, 2.05) is 34.9 Å². The number of pyridine rings is 1. The van der Waals surface area contributed by atoms with Crippen molar-refractivity contribution in [2.24, 2.45) is 0 Å². The van der Waals surface area contributed by atoms with Crippen LogP contribution in [0.15, 0.2) is 48.8 Å². The zero-order chi connectivity index (χ0) is 14.8. The number of esters is 1. The van der Waals surface area contributed by atoms with Crippen molar-refractivity contribution in [2.45, 2.75) is 0 Å². The summed E-state index contributed by atoms with van der Waals surface area (Å²) < 4.78 is 11.8. The number of hydrogen-bond acceptors (Lipinski definition) is 4. The van der Waals surface area contributed by atoms with Crippen molar-refractivity contribution >= 4 is 11.5 Å². The molecule has 2 aromatic heterocycles. The highest BCUT2D eigenvalue weighted by molar-refractivity contribution is 5.97. The lowest BCUT2D eigenvalue weighted by Crippen LogP contribution is -2.03. The average Bonchev–Trinajstić information content (AvgIpc) is 2.98. The lowest BCUT2D eigenvalue weighted by Gasteiger charge is -2.05. The Morgan fingerprint density at radius 1 is 1.14 bits per heavy atom. The minimum absolute atomic E-state index is 0.373. The zero-order valence-electron chi connectivity index (χ0n) is 11.7. The minimum atomic E-state index is -0.373. The van der Waals surface area contributed by atoms with Crippen molar-refractivity contribution in [1.82, 2.24) is 9.38 Å². The zero-order valence-corrected chi connectivity index (χ0v) is 11.7. The molecule has 0 saturated heterocycles. The third-order valence-corrected chi connectivity index (χ3v) is 3.32. The van der Waals surface area contributed by atoms with E-state index in [0.29, 0.717) is 5.56 Å². The highest BCUT2D eigenvalue weighted by Gasteiger charge is 2.14. The van der Waals surface area contributed by atoms with Crippen molar-refractivity contribution in [3.05, 3.63) is 54.4 Å². The van der Waals surface area contributed by atoms with E-state index in [4.69, 9.17) is 9.47 Å². The molecule has 0 fully saturated rings. The largest absolute Gasteiger partial charge is 0.497 e. The maximum absolute atomic E-state index is 11.8. The molecule has 1 aromatic carbocycles. The molecule has 0 radical (unpaired) electrons. The highest BCUT2D eigenvalue weighted by Crippen LogP contribution is 2.24. The molecule has 2 heterocycles. The van der Waals surface area contributed by atoms with Gasteiger partial charge in [0.25, 0.3) is 0 Å².